The average molecular weight is 584 g/mol. The molecule has 0 fully saturated rings. The van der Waals surface area contributed by atoms with Gasteiger partial charge in [-0.15, -0.1) is 0 Å². The Morgan fingerprint density at radius 3 is 2.46 bits per heavy atom. The summed E-state index contributed by atoms with van der Waals surface area (Å²) in [6, 6.07) is 24.6. The highest BCUT2D eigenvalue weighted by molar-refractivity contribution is 9.10. The van der Waals surface area contributed by atoms with Gasteiger partial charge in [0.1, 0.15) is 17.4 Å². The molecule has 0 unspecified atom stereocenters. The maximum atomic E-state index is 12.1. The summed E-state index contributed by atoms with van der Waals surface area (Å²) in [5.41, 5.74) is 4.77. The molecule has 0 aliphatic rings. The second-order valence-corrected chi connectivity index (χ2v) is 9.74. The smallest absolute Gasteiger partial charge is 0.255 e. The Morgan fingerprint density at radius 2 is 1.72 bits per heavy atom. The van der Waals surface area contributed by atoms with E-state index in [1.807, 2.05) is 97.4 Å². The van der Waals surface area contributed by atoms with E-state index in [0.717, 1.165) is 38.1 Å². The number of rotatable bonds is 7. The number of nitrogens with one attached hydrogen (secondary N) is 1. The quantitative estimate of drug-likeness (QED) is 0.234. The fraction of sp³-hybridized carbons (Fsp3) is 0.107. The van der Waals surface area contributed by atoms with Crippen molar-refractivity contribution in [3.8, 4) is 22.7 Å². The lowest BCUT2D eigenvalue weighted by atomic mass is 10.1. The van der Waals surface area contributed by atoms with Crippen LogP contribution in [0.1, 0.15) is 17.2 Å². The van der Waals surface area contributed by atoms with Crippen molar-refractivity contribution in [1.82, 2.24) is 24.9 Å². The third kappa shape index (κ3) is 4.91. The maximum Gasteiger partial charge on any atom is 0.255 e. The Labute approximate surface area is 231 Å². The van der Waals surface area contributed by atoms with Crippen molar-refractivity contribution in [2.75, 3.05) is 5.32 Å². The normalized spacial score (nSPS) is 11.2. The molecular weight excluding hydrogens is 562 g/mol. The van der Waals surface area contributed by atoms with Crippen LogP contribution in [0.3, 0.4) is 0 Å². The number of hydrogen-bond acceptors (Lipinski definition) is 8. The highest BCUT2D eigenvalue weighted by atomic mass is 79.9. The second kappa shape index (κ2) is 10.2. The molecule has 10 nitrogen and oxygen atoms in total. The van der Waals surface area contributed by atoms with Crippen molar-refractivity contribution in [3.63, 3.8) is 0 Å². The van der Waals surface area contributed by atoms with E-state index in [4.69, 9.17) is 14.5 Å². The predicted octanol–water partition coefficient (Wildman–Crippen LogP) is 5.81. The molecule has 3 heterocycles. The van der Waals surface area contributed by atoms with Crippen molar-refractivity contribution >= 4 is 38.5 Å². The largest absolute Gasteiger partial charge is 0.485 e. The van der Waals surface area contributed by atoms with Gasteiger partial charge in [-0.3, -0.25) is 4.63 Å². The minimum absolute atomic E-state index is 0.00413. The van der Waals surface area contributed by atoms with Crippen LogP contribution in [0.4, 0.5) is 11.5 Å². The monoisotopic (exact) mass is 583 g/mol. The van der Waals surface area contributed by atoms with E-state index in [-0.39, 0.29) is 6.61 Å². The Balaban J connectivity index is 1.23. The van der Waals surface area contributed by atoms with E-state index >= 15 is 0 Å². The van der Waals surface area contributed by atoms with Crippen molar-refractivity contribution in [2.45, 2.75) is 20.5 Å². The van der Waals surface area contributed by atoms with Gasteiger partial charge in [0.25, 0.3) is 5.69 Å². The zero-order valence-corrected chi connectivity index (χ0v) is 22.6. The Bertz CT molecular complexity index is 1770. The summed E-state index contributed by atoms with van der Waals surface area (Å²) >= 11 is 3.48. The number of anilines is 2. The molecule has 0 saturated heterocycles. The topological polar surface area (TPSA) is 118 Å². The molecule has 39 heavy (non-hydrogen) atoms. The van der Waals surface area contributed by atoms with Gasteiger partial charge in [0, 0.05) is 20.9 Å². The standard InChI is InChI=1S/C28H22BrN7O3/c1-17-25-27(30-18(2)31-28(25)35(33-17)22-12-8-20(29)9-13-22)32-21-10-14-23(15-11-21)38-16-24-26(34-39-36(24)37)19-6-4-3-5-7-19/h3-15H,16H2,1-2H3,(H,30,31,32). The predicted molar refractivity (Wildman–Crippen MR) is 149 cm³/mol. The van der Waals surface area contributed by atoms with E-state index in [1.165, 1.54) is 0 Å². The molecule has 0 amide bonds. The Hall–Kier alpha value is -4.77. The van der Waals surface area contributed by atoms with Gasteiger partial charge < -0.3 is 15.3 Å². The van der Waals surface area contributed by atoms with Crippen molar-refractivity contribution < 1.29 is 14.3 Å². The van der Waals surface area contributed by atoms with E-state index in [0.29, 0.717) is 33.7 Å². The summed E-state index contributed by atoms with van der Waals surface area (Å²) in [5, 5.41) is 25.0. The lowest BCUT2D eigenvalue weighted by molar-refractivity contribution is -0.808. The second-order valence-electron chi connectivity index (χ2n) is 8.82. The zero-order chi connectivity index (χ0) is 26.9. The molecule has 0 bridgehead atoms. The minimum atomic E-state index is 0.00413. The maximum absolute atomic E-state index is 12.1. The first-order valence-electron chi connectivity index (χ1n) is 12.1. The number of ether oxygens (including phenoxy) is 1. The van der Waals surface area contributed by atoms with E-state index < -0.39 is 0 Å². The van der Waals surface area contributed by atoms with Crippen LogP contribution in [0.25, 0.3) is 28.0 Å². The number of benzene rings is 3. The molecule has 3 aromatic heterocycles. The van der Waals surface area contributed by atoms with Crippen LogP contribution >= 0.6 is 15.9 Å². The molecule has 11 heteroatoms. The molecule has 0 aliphatic carbocycles. The first kappa shape index (κ1) is 24.6. The Kier molecular flexibility index (Phi) is 6.41. The summed E-state index contributed by atoms with van der Waals surface area (Å²) in [6.07, 6.45) is 0. The summed E-state index contributed by atoms with van der Waals surface area (Å²) in [7, 11) is 0. The highest BCUT2D eigenvalue weighted by Gasteiger charge is 2.21. The lowest BCUT2D eigenvalue weighted by Gasteiger charge is -2.10. The van der Waals surface area contributed by atoms with Crippen LogP contribution in [0.15, 0.2) is 88.0 Å². The minimum Gasteiger partial charge on any atom is -0.485 e. The van der Waals surface area contributed by atoms with Crippen LogP contribution in [0.5, 0.6) is 5.75 Å². The molecular formula is C28H22BrN7O3. The van der Waals surface area contributed by atoms with Gasteiger partial charge in [-0.1, -0.05) is 46.3 Å². The lowest BCUT2D eigenvalue weighted by Crippen LogP contribution is -2.29. The van der Waals surface area contributed by atoms with Gasteiger partial charge in [-0.05, 0) is 67.3 Å². The van der Waals surface area contributed by atoms with Gasteiger partial charge in [-0.25, -0.2) is 14.6 Å². The SMILES string of the molecule is Cc1nc(Nc2ccc(OCc3c(-c4ccccc4)no[n+]3[O-])cc2)c2c(C)nn(-c3ccc(Br)cc3)c2n1. The van der Waals surface area contributed by atoms with Crippen LogP contribution in [0.2, 0.25) is 0 Å². The van der Waals surface area contributed by atoms with Gasteiger partial charge >= 0.3 is 0 Å². The van der Waals surface area contributed by atoms with Crippen LogP contribution in [-0.4, -0.2) is 24.9 Å². The first-order valence-corrected chi connectivity index (χ1v) is 12.9. The molecule has 0 aliphatic heterocycles. The molecule has 0 saturated carbocycles. The van der Waals surface area contributed by atoms with Crippen LogP contribution in [-0.2, 0) is 6.61 Å². The third-order valence-corrected chi connectivity index (χ3v) is 6.65. The molecule has 6 rings (SSSR count). The number of aryl methyl sites for hydroxylation is 2. The molecule has 6 aromatic rings. The summed E-state index contributed by atoms with van der Waals surface area (Å²) in [5.74, 6) is 1.87. The summed E-state index contributed by atoms with van der Waals surface area (Å²) in [6.45, 7) is 3.80. The van der Waals surface area contributed by atoms with Crippen molar-refractivity contribution in [3.05, 3.63) is 106 Å². The fourth-order valence-corrected chi connectivity index (χ4v) is 4.53. The third-order valence-electron chi connectivity index (χ3n) is 6.13. The van der Waals surface area contributed by atoms with Gasteiger partial charge in [0.15, 0.2) is 12.3 Å². The van der Waals surface area contributed by atoms with Gasteiger partial charge in [0.2, 0.25) is 5.69 Å². The first-order chi connectivity index (χ1) is 19.0. The zero-order valence-electron chi connectivity index (χ0n) is 21.0. The number of nitrogens with zero attached hydrogens (tertiary/aromatic N) is 6. The Morgan fingerprint density at radius 1 is 0.974 bits per heavy atom. The van der Waals surface area contributed by atoms with E-state index in [1.54, 1.807) is 0 Å². The average Bonchev–Trinajstić information content (AvgIpc) is 3.48. The van der Waals surface area contributed by atoms with E-state index in [2.05, 4.69) is 36.4 Å². The summed E-state index contributed by atoms with van der Waals surface area (Å²) in [4.78, 5) is 9.70. The number of hydrogen-bond donors (Lipinski definition) is 1. The molecule has 1 N–H and O–H groups in total. The molecule has 0 atom stereocenters. The van der Waals surface area contributed by atoms with Crippen LogP contribution < -0.4 is 15.0 Å². The van der Waals surface area contributed by atoms with Gasteiger partial charge in [-0.2, -0.15) is 5.10 Å². The number of halogens is 1. The molecule has 0 radical (unpaired) electrons. The van der Waals surface area contributed by atoms with E-state index in [9.17, 15) is 5.21 Å². The van der Waals surface area contributed by atoms with Crippen molar-refractivity contribution in [1.29, 1.82) is 0 Å². The molecule has 194 valence electrons. The highest BCUT2D eigenvalue weighted by Crippen LogP contribution is 2.30. The summed E-state index contributed by atoms with van der Waals surface area (Å²) < 4.78 is 13.5. The van der Waals surface area contributed by atoms with Gasteiger partial charge in [0.05, 0.1) is 16.8 Å². The van der Waals surface area contributed by atoms with Crippen LogP contribution in [0, 0.1) is 19.1 Å². The fourth-order valence-electron chi connectivity index (χ4n) is 4.27. The molecule has 0 spiro atoms. The number of fused-ring (bicyclic) bond motifs is 1. The molecule has 3 aromatic carbocycles. The number of aromatic nitrogens is 6. The van der Waals surface area contributed by atoms with Crippen molar-refractivity contribution in [2.24, 2.45) is 0 Å².